The van der Waals surface area contributed by atoms with Crippen LogP contribution in [0.3, 0.4) is 0 Å². The third kappa shape index (κ3) is 3.63. The third-order valence-corrected chi connectivity index (χ3v) is 6.33. The van der Waals surface area contributed by atoms with Crippen LogP contribution in [0.5, 0.6) is 0 Å². The van der Waals surface area contributed by atoms with Crippen molar-refractivity contribution in [2.75, 3.05) is 0 Å². The lowest BCUT2D eigenvalue weighted by Crippen LogP contribution is -2.43. The molecule has 0 saturated carbocycles. The molecule has 1 aromatic rings. The zero-order valence-corrected chi connectivity index (χ0v) is 10.9. The zero-order chi connectivity index (χ0) is 13.1. The van der Waals surface area contributed by atoms with E-state index in [1.165, 1.54) is 0 Å². The van der Waals surface area contributed by atoms with E-state index in [2.05, 4.69) is 0 Å². The average molecular weight is 258 g/mol. The van der Waals surface area contributed by atoms with Crippen molar-refractivity contribution in [1.82, 2.24) is 0 Å². The van der Waals surface area contributed by atoms with Gasteiger partial charge in [-0.25, -0.2) is 4.79 Å². The highest BCUT2D eigenvalue weighted by molar-refractivity contribution is 6.89. The smallest absolute Gasteiger partial charge is 0.374 e. The van der Waals surface area contributed by atoms with E-state index in [0.29, 0.717) is 0 Å². The molecule has 0 fully saturated rings. The first-order chi connectivity index (χ1) is 7.76. The summed E-state index contributed by atoms with van der Waals surface area (Å²) in [7, 11) is -1.98. The van der Waals surface area contributed by atoms with E-state index in [0.717, 1.165) is 5.19 Å². The summed E-state index contributed by atoms with van der Waals surface area (Å²) in [6, 6.07) is 9.73. The number of alkyl halides is 2. The van der Waals surface area contributed by atoms with Crippen molar-refractivity contribution in [2.45, 2.75) is 31.5 Å². The second-order valence-corrected chi connectivity index (χ2v) is 9.60. The van der Waals surface area contributed by atoms with Crippen LogP contribution in [0.4, 0.5) is 8.78 Å². The van der Waals surface area contributed by atoms with Crippen LogP contribution in [0.25, 0.3) is 0 Å². The Morgan fingerprint density at radius 1 is 1.29 bits per heavy atom. The summed E-state index contributed by atoms with van der Waals surface area (Å²) < 4.78 is 26.0. The lowest BCUT2D eigenvalue weighted by molar-refractivity contribution is -0.165. The van der Waals surface area contributed by atoms with Gasteiger partial charge in [0.25, 0.3) is 0 Å². The summed E-state index contributed by atoms with van der Waals surface area (Å²) in [5, 5.41) is 9.44. The molecule has 1 rings (SSSR count). The number of halogens is 2. The van der Waals surface area contributed by atoms with Crippen molar-refractivity contribution < 1.29 is 18.7 Å². The fourth-order valence-electron chi connectivity index (χ4n) is 1.61. The maximum Gasteiger partial charge on any atom is 0.374 e. The quantitative estimate of drug-likeness (QED) is 0.824. The molecule has 1 N–H and O–H groups in total. The number of carboxylic acid groups (broad SMARTS) is 1. The molecule has 0 aliphatic rings. The van der Waals surface area contributed by atoms with E-state index in [-0.39, 0.29) is 6.04 Å². The molecular formula is C12H16F2O2Si. The van der Waals surface area contributed by atoms with E-state index >= 15 is 0 Å². The van der Waals surface area contributed by atoms with Gasteiger partial charge in [-0.1, -0.05) is 48.6 Å². The Hall–Kier alpha value is -1.23. The van der Waals surface area contributed by atoms with Gasteiger partial charge in [0.2, 0.25) is 0 Å². The fourth-order valence-corrected chi connectivity index (χ4v) is 3.93. The number of hydrogen-bond donors (Lipinski definition) is 1. The summed E-state index contributed by atoms with van der Waals surface area (Å²) in [6.07, 6.45) is -0.587. The van der Waals surface area contributed by atoms with Crippen LogP contribution in [0, 0.1) is 0 Å². The number of benzene rings is 1. The van der Waals surface area contributed by atoms with Crippen LogP contribution in [-0.4, -0.2) is 25.1 Å². The van der Waals surface area contributed by atoms with Gasteiger partial charge in [0, 0.05) is 6.42 Å². The number of carbonyl (C=O) groups is 1. The molecule has 0 bridgehead atoms. The first kappa shape index (κ1) is 13.8. The molecule has 0 spiro atoms. The van der Waals surface area contributed by atoms with Crippen LogP contribution in [-0.2, 0) is 4.79 Å². The fraction of sp³-hybridized carbons (Fsp3) is 0.417. The standard InChI is InChI=1S/C12H16F2O2Si/c1-17(2,10-6-4-3-5-7-10)9-8-12(13,14)11(15)16/h3-7H,8-9H2,1-2H3,(H,15,16). The van der Waals surface area contributed by atoms with Crippen LogP contribution in [0.1, 0.15) is 6.42 Å². The molecule has 0 aromatic heterocycles. The molecule has 0 radical (unpaired) electrons. The Morgan fingerprint density at radius 2 is 1.82 bits per heavy atom. The maximum atomic E-state index is 13.0. The number of hydrogen-bond acceptors (Lipinski definition) is 1. The lowest BCUT2D eigenvalue weighted by atomic mass is 10.3. The van der Waals surface area contributed by atoms with Crippen molar-refractivity contribution in [2.24, 2.45) is 0 Å². The van der Waals surface area contributed by atoms with Gasteiger partial charge in [-0.2, -0.15) is 8.78 Å². The van der Waals surface area contributed by atoms with Gasteiger partial charge >= 0.3 is 11.9 Å². The molecule has 17 heavy (non-hydrogen) atoms. The molecule has 0 unspecified atom stereocenters. The van der Waals surface area contributed by atoms with Crippen molar-refractivity contribution >= 4 is 19.2 Å². The Kier molecular flexibility index (Phi) is 4.03. The number of aliphatic carboxylic acids is 1. The molecule has 0 amide bonds. The van der Waals surface area contributed by atoms with Gasteiger partial charge < -0.3 is 5.11 Å². The van der Waals surface area contributed by atoms with Gasteiger partial charge in [0.15, 0.2) is 0 Å². The van der Waals surface area contributed by atoms with Crippen molar-refractivity contribution in [1.29, 1.82) is 0 Å². The van der Waals surface area contributed by atoms with E-state index in [9.17, 15) is 13.6 Å². The van der Waals surface area contributed by atoms with Gasteiger partial charge in [-0.3, -0.25) is 0 Å². The highest BCUT2D eigenvalue weighted by Crippen LogP contribution is 2.25. The van der Waals surface area contributed by atoms with Crippen molar-refractivity contribution in [3.05, 3.63) is 30.3 Å². The molecule has 0 heterocycles. The normalized spacial score (nSPS) is 12.5. The Labute approximate surface area is 100 Å². The second-order valence-electron chi connectivity index (χ2n) is 4.76. The molecule has 0 atom stereocenters. The highest BCUT2D eigenvalue weighted by atomic mass is 28.3. The summed E-state index contributed by atoms with van der Waals surface area (Å²) in [4.78, 5) is 10.3. The molecule has 5 heteroatoms. The summed E-state index contributed by atoms with van der Waals surface area (Å²) >= 11 is 0. The Morgan fingerprint density at radius 3 is 2.29 bits per heavy atom. The summed E-state index contributed by atoms with van der Waals surface area (Å²) in [5.74, 6) is -5.64. The molecule has 0 aliphatic carbocycles. The monoisotopic (exact) mass is 258 g/mol. The summed E-state index contributed by atoms with van der Waals surface area (Å²) in [6.45, 7) is 3.94. The predicted molar refractivity (Wildman–Crippen MR) is 65.6 cm³/mol. The largest absolute Gasteiger partial charge is 0.477 e. The lowest BCUT2D eigenvalue weighted by Gasteiger charge is -2.24. The molecule has 1 aromatic carbocycles. The zero-order valence-electron chi connectivity index (χ0n) is 9.91. The van der Waals surface area contributed by atoms with Crippen molar-refractivity contribution in [3.8, 4) is 0 Å². The van der Waals surface area contributed by atoms with Crippen molar-refractivity contribution in [3.63, 3.8) is 0 Å². The molecule has 94 valence electrons. The van der Waals surface area contributed by atoms with Crippen LogP contribution in [0.2, 0.25) is 19.1 Å². The molecular weight excluding hydrogens is 242 g/mol. The minimum atomic E-state index is -3.61. The molecule has 0 aliphatic heterocycles. The van der Waals surface area contributed by atoms with Crippen LogP contribution < -0.4 is 5.19 Å². The average Bonchev–Trinajstić information content (AvgIpc) is 2.28. The van der Waals surface area contributed by atoms with Gasteiger partial charge in [-0.15, -0.1) is 0 Å². The Balaban J connectivity index is 2.72. The van der Waals surface area contributed by atoms with Crippen LogP contribution >= 0.6 is 0 Å². The van der Waals surface area contributed by atoms with E-state index < -0.39 is 26.4 Å². The predicted octanol–water partition coefficient (Wildman–Crippen LogP) is 2.71. The second kappa shape index (κ2) is 4.95. The van der Waals surface area contributed by atoms with Gasteiger partial charge in [0.05, 0.1) is 8.07 Å². The van der Waals surface area contributed by atoms with Gasteiger partial charge in [0.1, 0.15) is 0 Å². The van der Waals surface area contributed by atoms with Crippen LogP contribution in [0.15, 0.2) is 30.3 Å². The highest BCUT2D eigenvalue weighted by Gasteiger charge is 2.40. The molecule has 2 nitrogen and oxygen atoms in total. The minimum absolute atomic E-state index is 0.260. The topological polar surface area (TPSA) is 37.3 Å². The van der Waals surface area contributed by atoms with E-state index in [1.807, 2.05) is 43.4 Å². The number of rotatable bonds is 5. The third-order valence-electron chi connectivity index (χ3n) is 2.93. The maximum absolute atomic E-state index is 13.0. The first-order valence-electron chi connectivity index (χ1n) is 5.42. The summed E-state index contributed by atoms with van der Waals surface area (Å²) in [5.41, 5.74) is 0. The minimum Gasteiger partial charge on any atom is -0.477 e. The van der Waals surface area contributed by atoms with E-state index in [4.69, 9.17) is 5.11 Å². The van der Waals surface area contributed by atoms with E-state index in [1.54, 1.807) is 0 Å². The Bertz CT molecular complexity index is 391. The number of carboxylic acids is 1. The first-order valence-corrected chi connectivity index (χ1v) is 8.63. The van der Waals surface area contributed by atoms with Gasteiger partial charge in [-0.05, 0) is 6.04 Å². The SMILES string of the molecule is C[Si](C)(CCC(F)(F)C(=O)O)c1ccccc1. The molecule has 0 saturated heterocycles.